The third-order valence-electron chi connectivity index (χ3n) is 4.15. The molecule has 1 unspecified atom stereocenters. The minimum absolute atomic E-state index is 0.188. The van der Waals surface area contributed by atoms with Crippen LogP contribution in [0.25, 0.3) is 0 Å². The van der Waals surface area contributed by atoms with E-state index in [4.69, 9.17) is 0 Å². The van der Waals surface area contributed by atoms with Crippen molar-refractivity contribution in [3.63, 3.8) is 0 Å². The Balaban J connectivity index is 2.96. The number of hydrogen-bond acceptors (Lipinski definition) is 2. The first-order valence-corrected chi connectivity index (χ1v) is 6.03. The zero-order valence-electron chi connectivity index (χ0n) is 11.8. The average molecular weight is 226 g/mol. The van der Waals surface area contributed by atoms with Crippen molar-refractivity contribution in [2.24, 2.45) is 16.7 Å². The van der Waals surface area contributed by atoms with Gasteiger partial charge in [-0.15, -0.1) is 0 Å². The Bertz CT molecular complexity index is 282. The van der Waals surface area contributed by atoms with Gasteiger partial charge in [0.1, 0.15) is 0 Å². The molecular weight excluding hydrogens is 200 g/mol. The van der Waals surface area contributed by atoms with Crippen molar-refractivity contribution in [3.8, 4) is 0 Å². The van der Waals surface area contributed by atoms with E-state index in [2.05, 4.69) is 39.5 Å². The molecular formula is C13H26N2O. The lowest BCUT2D eigenvalue weighted by molar-refractivity contribution is -0.159. The van der Waals surface area contributed by atoms with E-state index in [9.17, 15) is 4.79 Å². The van der Waals surface area contributed by atoms with E-state index in [0.29, 0.717) is 5.92 Å². The summed E-state index contributed by atoms with van der Waals surface area (Å²) in [4.78, 5) is 16.4. The summed E-state index contributed by atoms with van der Waals surface area (Å²) in [6.45, 7) is 12.4. The molecule has 16 heavy (non-hydrogen) atoms. The van der Waals surface area contributed by atoms with Crippen molar-refractivity contribution in [2.45, 2.75) is 34.6 Å². The molecule has 0 aromatic rings. The first-order chi connectivity index (χ1) is 7.09. The molecule has 1 saturated heterocycles. The summed E-state index contributed by atoms with van der Waals surface area (Å²) < 4.78 is 0. The van der Waals surface area contributed by atoms with Crippen LogP contribution in [0.5, 0.6) is 0 Å². The van der Waals surface area contributed by atoms with Gasteiger partial charge in [-0.05, 0) is 25.4 Å². The summed E-state index contributed by atoms with van der Waals surface area (Å²) >= 11 is 0. The van der Waals surface area contributed by atoms with E-state index in [-0.39, 0.29) is 16.7 Å². The van der Waals surface area contributed by atoms with E-state index in [1.165, 1.54) is 0 Å². The number of rotatable bonds is 2. The molecule has 0 aromatic carbocycles. The van der Waals surface area contributed by atoms with Crippen molar-refractivity contribution in [3.05, 3.63) is 0 Å². The van der Waals surface area contributed by atoms with Crippen LogP contribution in [0, 0.1) is 16.7 Å². The second kappa shape index (κ2) is 4.02. The van der Waals surface area contributed by atoms with Gasteiger partial charge < -0.3 is 4.90 Å². The van der Waals surface area contributed by atoms with E-state index in [1.807, 2.05) is 19.0 Å². The highest BCUT2D eigenvalue weighted by molar-refractivity contribution is 5.83. The molecule has 1 amide bonds. The van der Waals surface area contributed by atoms with Gasteiger partial charge in [0.2, 0.25) is 5.91 Å². The Morgan fingerprint density at radius 3 is 2.25 bits per heavy atom. The van der Waals surface area contributed by atoms with Crippen LogP contribution in [0.3, 0.4) is 0 Å². The minimum Gasteiger partial charge on any atom is -0.329 e. The molecule has 0 aliphatic carbocycles. The van der Waals surface area contributed by atoms with Crippen molar-refractivity contribution >= 4 is 5.91 Å². The van der Waals surface area contributed by atoms with Crippen LogP contribution in [0.2, 0.25) is 0 Å². The molecule has 0 spiro atoms. The summed E-state index contributed by atoms with van der Waals surface area (Å²) in [6.07, 6.45) is 0. The van der Waals surface area contributed by atoms with Gasteiger partial charge in [0.05, 0.1) is 6.67 Å². The molecule has 3 heteroatoms. The fourth-order valence-electron chi connectivity index (χ4n) is 2.73. The SMILES string of the molecule is CC1C(C)(C)CN(CN(C)C)C(=O)C1(C)C. The minimum atomic E-state index is -0.252. The van der Waals surface area contributed by atoms with Gasteiger partial charge in [0, 0.05) is 12.0 Å². The van der Waals surface area contributed by atoms with E-state index < -0.39 is 0 Å². The summed E-state index contributed by atoms with van der Waals surface area (Å²) in [5.74, 6) is 0.693. The topological polar surface area (TPSA) is 23.6 Å². The fraction of sp³-hybridized carbons (Fsp3) is 0.923. The highest BCUT2D eigenvalue weighted by Crippen LogP contribution is 2.45. The molecule has 1 aliphatic heterocycles. The van der Waals surface area contributed by atoms with Crippen molar-refractivity contribution in [2.75, 3.05) is 27.3 Å². The molecule has 1 rings (SSSR count). The van der Waals surface area contributed by atoms with E-state index >= 15 is 0 Å². The van der Waals surface area contributed by atoms with Crippen LogP contribution >= 0.6 is 0 Å². The van der Waals surface area contributed by atoms with Gasteiger partial charge in [-0.3, -0.25) is 9.69 Å². The molecule has 0 radical (unpaired) electrons. The number of amides is 1. The van der Waals surface area contributed by atoms with Gasteiger partial charge in [0.25, 0.3) is 0 Å². The molecule has 0 saturated carbocycles. The van der Waals surface area contributed by atoms with Crippen LogP contribution in [-0.4, -0.2) is 43.0 Å². The zero-order valence-corrected chi connectivity index (χ0v) is 11.8. The summed E-state index contributed by atoms with van der Waals surface area (Å²) in [5, 5.41) is 0. The standard InChI is InChI=1S/C13H26N2O/c1-10-12(2,3)8-15(9-14(6)7)11(16)13(10,4)5/h10H,8-9H2,1-7H3. The Morgan fingerprint density at radius 2 is 1.81 bits per heavy atom. The largest absolute Gasteiger partial charge is 0.329 e. The fourth-order valence-corrected chi connectivity index (χ4v) is 2.73. The summed E-state index contributed by atoms with van der Waals surface area (Å²) in [5.41, 5.74) is -0.0643. The van der Waals surface area contributed by atoms with Gasteiger partial charge in [0.15, 0.2) is 0 Å². The van der Waals surface area contributed by atoms with Crippen LogP contribution in [0.15, 0.2) is 0 Å². The van der Waals surface area contributed by atoms with Gasteiger partial charge in [-0.2, -0.15) is 0 Å². The average Bonchev–Trinajstić information content (AvgIpc) is 2.11. The normalized spacial score (nSPS) is 28.6. The van der Waals surface area contributed by atoms with E-state index in [1.54, 1.807) is 0 Å². The maximum atomic E-state index is 12.4. The number of carbonyl (C=O) groups excluding carboxylic acids is 1. The zero-order chi connectivity index (χ0) is 12.7. The Labute approximate surface area is 99.8 Å². The van der Waals surface area contributed by atoms with Crippen LogP contribution < -0.4 is 0 Å². The number of carbonyl (C=O) groups is 1. The molecule has 1 aliphatic rings. The predicted octanol–water partition coefficient (Wildman–Crippen LogP) is 2.04. The highest BCUT2D eigenvalue weighted by Gasteiger charge is 2.49. The van der Waals surface area contributed by atoms with Crippen LogP contribution in [0.1, 0.15) is 34.6 Å². The first-order valence-electron chi connectivity index (χ1n) is 6.03. The van der Waals surface area contributed by atoms with Gasteiger partial charge >= 0.3 is 0 Å². The lowest BCUT2D eigenvalue weighted by Crippen LogP contribution is -2.59. The second-order valence-corrected chi connectivity index (χ2v) is 6.66. The van der Waals surface area contributed by atoms with Crippen LogP contribution in [0.4, 0.5) is 0 Å². The van der Waals surface area contributed by atoms with Crippen molar-refractivity contribution in [1.82, 2.24) is 9.80 Å². The molecule has 1 atom stereocenters. The predicted molar refractivity (Wildman–Crippen MR) is 67.0 cm³/mol. The lowest BCUT2D eigenvalue weighted by atomic mass is 9.62. The second-order valence-electron chi connectivity index (χ2n) is 6.66. The summed E-state index contributed by atoms with van der Waals surface area (Å²) in [7, 11) is 4.01. The molecule has 1 heterocycles. The third-order valence-corrected chi connectivity index (χ3v) is 4.15. The molecule has 0 N–H and O–H groups in total. The number of likely N-dealkylation sites (tertiary alicyclic amines) is 1. The Morgan fingerprint density at radius 1 is 1.31 bits per heavy atom. The van der Waals surface area contributed by atoms with Crippen molar-refractivity contribution < 1.29 is 4.79 Å². The van der Waals surface area contributed by atoms with E-state index in [0.717, 1.165) is 13.2 Å². The smallest absolute Gasteiger partial charge is 0.229 e. The third kappa shape index (κ3) is 2.24. The molecule has 3 nitrogen and oxygen atoms in total. The maximum Gasteiger partial charge on any atom is 0.229 e. The molecule has 0 aromatic heterocycles. The number of piperidine rings is 1. The lowest BCUT2D eigenvalue weighted by Gasteiger charge is -2.51. The monoisotopic (exact) mass is 226 g/mol. The van der Waals surface area contributed by atoms with Gasteiger partial charge in [-0.1, -0.05) is 34.6 Å². The number of hydrogen-bond donors (Lipinski definition) is 0. The Kier molecular flexibility index (Phi) is 3.39. The van der Waals surface area contributed by atoms with Gasteiger partial charge in [-0.25, -0.2) is 0 Å². The quantitative estimate of drug-likeness (QED) is 0.719. The molecule has 0 bridgehead atoms. The molecule has 1 fully saturated rings. The maximum absolute atomic E-state index is 12.4. The number of nitrogens with zero attached hydrogens (tertiary/aromatic N) is 2. The first kappa shape index (κ1) is 13.5. The van der Waals surface area contributed by atoms with Crippen molar-refractivity contribution in [1.29, 1.82) is 0 Å². The Hall–Kier alpha value is -0.570. The molecule has 94 valence electrons. The summed E-state index contributed by atoms with van der Waals surface area (Å²) in [6, 6.07) is 0. The highest BCUT2D eigenvalue weighted by atomic mass is 16.2. The van der Waals surface area contributed by atoms with Crippen LogP contribution in [-0.2, 0) is 4.79 Å².